The van der Waals surface area contributed by atoms with Crippen LogP contribution < -0.4 is 10.1 Å². The number of halogens is 1. The number of ether oxygens (including phenoxy) is 1. The van der Waals surface area contributed by atoms with Gasteiger partial charge in [0.2, 0.25) is 0 Å². The molecule has 0 spiro atoms. The monoisotopic (exact) mass is 389 g/mol. The number of carbonyl (C=O) groups excluding carboxylic acids is 1. The highest BCUT2D eigenvalue weighted by Gasteiger charge is 2.14. The lowest BCUT2D eigenvalue weighted by Crippen LogP contribution is -2.12. The second kappa shape index (κ2) is 6.89. The third-order valence-corrected chi connectivity index (χ3v) is 4.57. The summed E-state index contributed by atoms with van der Waals surface area (Å²) in [6, 6.07) is 8.99. The van der Waals surface area contributed by atoms with Gasteiger partial charge in [0.1, 0.15) is 5.75 Å². The predicted octanol–water partition coefficient (Wildman–Crippen LogP) is 4.23. The smallest absolute Gasteiger partial charge is 0.258 e. The highest BCUT2D eigenvalue weighted by Crippen LogP contribution is 2.27. The number of hydrogen-bond donors (Lipinski definition) is 1. The molecule has 0 saturated carbocycles. The van der Waals surface area contributed by atoms with Gasteiger partial charge in [0.25, 0.3) is 5.91 Å². The standard InChI is InChI=1S/C16H12BrN3O2S/c1-22-11-2-3-13(17)12(8-11)15(21)20-16-19-14(9-23-16)10-4-6-18-7-5-10/h2-9H,1H3,(H,19,20,21). The van der Waals surface area contributed by atoms with Crippen LogP contribution in [-0.2, 0) is 0 Å². The summed E-state index contributed by atoms with van der Waals surface area (Å²) in [6.45, 7) is 0. The molecule has 0 unspecified atom stereocenters. The van der Waals surface area contributed by atoms with Crippen molar-refractivity contribution < 1.29 is 9.53 Å². The molecule has 5 nitrogen and oxygen atoms in total. The van der Waals surface area contributed by atoms with Crippen molar-refractivity contribution in [3.05, 3.63) is 58.1 Å². The molecule has 2 heterocycles. The van der Waals surface area contributed by atoms with Gasteiger partial charge in [-0.2, -0.15) is 0 Å². The normalized spacial score (nSPS) is 10.3. The molecule has 1 aromatic carbocycles. The van der Waals surface area contributed by atoms with Crippen molar-refractivity contribution in [3.63, 3.8) is 0 Å². The summed E-state index contributed by atoms with van der Waals surface area (Å²) in [7, 11) is 1.56. The zero-order chi connectivity index (χ0) is 16.2. The second-order valence-electron chi connectivity index (χ2n) is 4.57. The SMILES string of the molecule is COc1ccc(Br)c(C(=O)Nc2nc(-c3ccncc3)cs2)c1. The molecule has 0 aliphatic carbocycles. The zero-order valence-corrected chi connectivity index (χ0v) is 14.5. The molecule has 2 aromatic heterocycles. The van der Waals surface area contributed by atoms with Gasteiger partial charge in [-0.25, -0.2) is 4.98 Å². The van der Waals surface area contributed by atoms with Crippen LogP contribution in [0.3, 0.4) is 0 Å². The van der Waals surface area contributed by atoms with E-state index in [4.69, 9.17) is 4.74 Å². The number of thiazole rings is 1. The fourth-order valence-electron chi connectivity index (χ4n) is 1.96. The largest absolute Gasteiger partial charge is 0.497 e. The minimum atomic E-state index is -0.244. The third-order valence-electron chi connectivity index (χ3n) is 3.12. The van der Waals surface area contributed by atoms with Crippen molar-refractivity contribution in [2.75, 3.05) is 12.4 Å². The lowest BCUT2D eigenvalue weighted by Gasteiger charge is -2.06. The van der Waals surface area contributed by atoms with Crippen LogP contribution in [0.25, 0.3) is 11.3 Å². The van der Waals surface area contributed by atoms with Crippen LogP contribution in [0.4, 0.5) is 5.13 Å². The Morgan fingerprint density at radius 1 is 1.26 bits per heavy atom. The topological polar surface area (TPSA) is 64.1 Å². The van der Waals surface area contributed by atoms with Gasteiger partial charge < -0.3 is 4.74 Å². The van der Waals surface area contributed by atoms with Crippen LogP contribution in [-0.4, -0.2) is 23.0 Å². The molecule has 3 rings (SSSR count). The highest BCUT2D eigenvalue weighted by atomic mass is 79.9. The quantitative estimate of drug-likeness (QED) is 0.724. The minimum Gasteiger partial charge on any atom is -0.497 e. The van der Waals surface area contributed by atoms with E-state index in [1.165, 1.54) is 11.3 Å². The number of amides is 1. The molecule has 0 bridgehead atoms. The molecule has 0 fully saturated rings. The van der Waals surface area contributed by atoms with Gasteiger partial charge in [0, 0.05) is 27.8 Å². The molecule has 116 valence electrons. The van der Waals surface area contributed by atoms with Crippen molar-refractivity contribution in [1.29, 1.82) is 0 Å². The van der Waals surface area contributed by atoms with Crippen LogP contribution in [0.15, 0.2) is 52.6 Å². The van der Waals surface area contributed by atoms with E-state index in [0.717, 1.165) is 11.3 Å². The number of nitrogens with zero attached hydrogens (tertiary/aromatic N) is 2. The summed E-state index contributed by atoms with van der Waals surface area (Å²) < 4.78 is 5.85. The number of pyridine rings is 1. The Balaban J connectivity index is 1.80. The lowest BCUT2D eigenvalue weighted by atomic mass is 10.2. The predicted molar refractivity (Wildman–Crippen MR) is 94.0 cm³/mol. The fourth-order valence-corrected chi connectivity index (χ4v) is 3.10. The van der Waals surface area contributed by atoms with Crippen LogP contribution in [0.1, 0.15) is 10.4 Å². The van der Waals surface area contributed by atoms with Crippen molar-refractivity contribution in [1.82, 2.24) is 9.97 Å². The number of nitrogens with one attached hydrogen (secondary N) is 1. The fraction of sp³-hybridized carbons (Fsp3) is 0.0625. The van der Waals surface area contributed by atoms with Crippen molar-refractivity contribution in [2.45, 2.75) is 0 Å². The maximum Gasteiger partial charge on any atom is 0.258 e. The Bertz CT molecular complexity index is 836. The zero-order valence-electron chi connectivity index (χ0n) is 12.1. The maximum absolute atomic E-state index is 12.4. The lowest BCUT2D eigenvalue weighted by molar-refractivity contribution is 0.102. The number of carbonyl (C=O) groups is 1. The first kappa shape index (κ1) is 15.6. The van der Waals surface area contributed by atoms with E-state index in [2.05, 4.69) is 31.2 Å². The number of hydrogen-bond acceptors (Lipinski definition) is 5. The molecule has 0 aliphatic heterocycles. The van der Waals surface area contributed by atoms with Crippen molar-refractivity contribution in [3.8, 4) is 17.0 Å². The van der Waals surface area contributed by atoms with Crippen LogP contribution >= 0.6 is 27.3 Å². The van der Waals surface area contributed by atoms with Crippen molar-refractivity contribution >= 4 is 38.3 Å². The maximum atomic E-state index is 12.4. The van der Waals surface area contributed by atoms with Gasteiger partial charge in [-0.05, 0) is 46.3 Å². The Kier molecular flexibility index (Phi) is 4.68. The molecule has 0 atom stereocenters. The van der Waals surface area contributed by atoms with Gasteiger partial charge in [0.15, 0.2) is 5.13 Å². The Morgan fingerprint density at radius 3 is 2.78 bits per heavy atom. The van der Waals surface area contributed by atoms with Gasteiger partial charge in [-0.1, -0.05) is 0 Å². The number of rotatable bonds is 4. The number of methoxy groups -OCH3 is 1. The van der Waals surface area contributed by atoms with E-state index in [1.807, 2.05) is 17.5 Å². The van der Waals surface area contributed by atoms with E-state index >= 15 is 0 Å². The molecule has 3 aromatic rings. The summed E-state index contributed by atoms with van der Waals surface area (Å²) in [6.07, 6.45) is 3.42. The van der Waals surface area contributed by atoms with Gasteiger partial charge in [-0.3, -0.25) is 15.1 Å². The Labute approximate surface area is 145 Å². The Morgan fingerprint density at radius 2 is 2.04 bits per heavy atom. The number of aromatic nitrogens is 2. The first-order chi connectivity index (χ1) is 11.2. The molecule has 0 aliphatic rings. The van der Waals surface area contributed by atoms with Gasteiger partial charge >= 0.3 is 0 Å². The average molecular weight is 390 g/mol. The summed E-state index contributed by atoms with van der Waals surface area (Å²) in [5, 5.41) is 5.24. The van der Waals surface area contributed by atoms with Crippen LogP contribution in [0, 0.1) is 0 Å². The van der Waals surface area contributed by atoms with E-state index in [1.54, 1.807) is 37.7 Å². The molecule has 7 heteroatoms. The minimum absolute atomic E-state index is 0.244. The summed E-state index contributed by atoms with van der Waals surface area (Å²) in [5.41, 5.74) is 2.25. The second-order valence-corrected chi connectivity index (χ2v) is 6.29. The molecular weight excluding hydrogens is 378 g/mol. The van der Waals surface area contributed by atoms with E-state index in [9.17, 15) is 4.79 Å². The van der Waals surface area contributed by atoms with E-state index in [0.29, 0.717) is 20.9 Å². The number of anilines is 1. The molecular formula is C16H12BrN3O2S. The first-order valence-corrected chi connectivity index (χ1v) is 8.35. The highest BCUT2D eigenvalue weighted by molar-refractivity contribution is 9.10. The third kappa shape index (κ3) is 3.57. The molecule has 1 amide bonds. The summed E-state index contributed by atoms with van der Waals surface area (Å²) in [4.78, 5) is 20.8. The van der Waals surface area contributed by atoms with Crippen LogP contribution in [0.5, 0.6) is 5.75 Å². The Hall–Kier alpha value is -2.25. The van der Waals surface area contributed by atoms with Gasteiger partial charge in [-0.15, -0.1) is 11.3 Å². The number of benzene rings is 1. The molecule has 0 saturated heterocycles. The average Bonchev–Trinajstić information content (AvgIpc) is 3.04. The molecule has 1 N–H and O–H groups in total. The molecule has 0 radical (unpaired) electrons. The summed E-state index contributed by atoms with van der Waals surface area (Å²) >= 11 is 4.75. The first-order valence-electron chi connectivity index (χ1n) is 6.68. The summed E-state index contributed by atoms with van der Waals surface area (Å²) in [5.74, 6) is 0.376. The van der Waals surface area contributed by atoms with Crippen LogP contribution in [0.2, 0.25) is 0 Å². The van der Waals surface area contributed by atoms with Crippen molar-refractivity contribution in [2.24, 2.45) is 0 Å². The van der Waals surface area contributed by atoms with E-state index < -0.39 is 0 Å². The van der Waals surface area contributed by atoms with E-state index in [-0.39, 0.29) is 5.91 Å². The van der Waals surface area contributed by atoms with Gasteiger partial charge in [0.05, 0.1) is 18.4 Å². The molecule has 23 heavy (non-hydrogen) atoms.